The van der Waals surface area contributed by atoms with Gasteiger partial charge in [-0.1, -0.05) is 0 Å². The molecule has 0 radical (unpaired) electrons. The lowest BCUT2D eigenvalue weighted by Crippen LogP contribution is -2.34. The number of hydrogen-bond acceptors (Lipinski definition) is 5. The van der Waals surface area contributed by atoms with E-state index in [1.165, 1.54) is 0 Å². The normalized spacial score (nSPS) is 12.1. The highest BCUT2D eigenvalue weighted by atomic mass is 32.2. The standard InChI is InChI=1S/C12H18N2O3S2/c1-8(5-12(16)17)13-11(15)3-4-18-6-10-7-19-9(2)14-10/h7-8H,3-6H2,1-2H3,(H,13,15)(H,16,17). The predicted molar refractivity (Wildman–Crippen MR) is 77.5 cm³/mol. The lowest BCUT2D eigenvalue weighted by atomic mass is 10.2. The maximum Gasteiger partial charge on any atom is 0.305 e. The molecule has 1 amide bonds. The third kappa shape index (κ3) is 7.17. The zero-order chi connectivity index (χ0) is 14.3. The van der Waals surface area contributed by atoms with Gasteiger partial charge in [0.2, 0.25) is 5.91 Å². The highest BCUT2D eigenvalue weighted by Gasteiger charge is 2.10. The first-order valence-corrected chi connectivity index (χ1v) is 8.00. The van der Waals surface area contributed by atoms with Crippen LogP contribution in [0.2, 0.25) is 0 Å². The van der Waals surface area contributed by atoms with Crippen LogP contribution in [-0.4, -0.2) is 33.8 Å². The molecule has 1 unspecified atom stereocenters. The summed E-state index contributed by atoms with van der Waals surface area (Å²) < 4.78 is 0. The van der Waals surface area contributed by atoms with Gasteiger partial charge in [0.1, 0.15) is 0 Å². The number of aliphatic carboxylic acids is 1. The van der Waals surface area contributed by atoms with Crippen LogP contribution in [-0.2, 0) is 15.3 Å². The Balaban J connectivity index is 2.11. The van der Waals surface area contributed by atoms with Crippen LogP contribution >= 0.6 is 23.1 Å². The molecule has 0 aliphatic carbocycles. The Kier molecular flexibility index (Phi) is 6.86. The van der Waals surface area contributed by atoms with Gasteiger partial charge in [-0.3, -0.25) is 9.59 Å². The molecular weight excluding hydrogens is 284 g/mol. The van der Waals surface area contributed by atoms with Crippen LogP contribution in [0.25, 0.3) is 0 Å². The van der Waals surface area contributed by atoms with Crippen molar-refractivity contribution in [2.24, 2.45) is 0 Å². The first-order chi connectivity index (χ1) is 8.97. The van der Waals surface area contributed by atoms with Crippen LogP contribution in [0.3, 0.4) is 0 Å². The molecule has 106 valence electrons. The number of aromatic nitrogens is 1. The van der Waals surface area contributed by atoms with Crippen LogP contribution in [0, 0.1) is 6.92 Å². The Bertz CT molecular complexity index is 434. The van der Waals surface area contributed by atoms with Crippen molar-refractivity contribution in [2.45, 2.75) is 38.5 Å². The Morgan fingerprint density at radius 2 is 2.32 bits per heavy atom. The monoisotopic (exact) mass is 302 g/mol. The van der Waals surface area contributed by atoms with E-state index in [1.54, 1.807) is 30.0 Å². The average molecular weight is 302 g/mol. The number of thioether (sulfide) groups is 1. The molecule has 2 N–H and O–H groups in total. The van der Waals surface area contributed by atoms with E-state index in [2.05, 4.69) is 10.3 Å². The topological polar surface area (TPSA) is 79.3 Å². The molecule has 19 heavy (non-hydrogen) atoms. The number of nitrogens with one attached hydrogen (secondary N) is 1. The van der Waals surface area contributed by atoms with Gasteiger partial charge in [-0.25, -0.2) is 4.98 Å². The molecular formula is C12H18N2O3S2. The van der Waals surface area contributed by atoms with Crippen molar-refractivity contribution >= 4 is 35.0 Å². The minimum absolute atomic E-state index is 0.0447. The summed E-state index contributed by atoms with van der Waals surface area (Å²) in [4.78, 5) is 26.3. The summed E-state index contributed by atoms with van der Waals surface area (Å²) >= 11 is 3.28. The number of rotatable bonds is 8. The first-order valence-electron chi connectivity index (χ1n) is 5.97. The van der Waals surface area contributed by atoms with E-state index in [9.17, 15) is 9.59 Å². The van der Waals surface area contributed by atoms with Gasteiger partial charge in [-0.05, 0) is 13.8 Å². The van der Waals surface area contributed by atoms with E-state index in [0.717, 1.165) is 16.5 Å². The predicted octanol–water partition coefficient (Wildman–Crippen LogP) is 2.05. The second-order valence-electron chi connectivity index (χ2n) is 4.23. The Morgan fingerprint density at radius 3 is 2.89 bits per heavy atom. The lowest BCUT2D eigenvalue weighted by Gasteiger charge is -2.11. The molecule has 0 aromatic carbocycles. The van der Waals surface area contributed by atoms with Crippen LogP contribution in [0.1, 0.15) is 30.5 Å². The van der Waals surface area contributed by atoms with Crippen molar-refractivity contribution < 1.29 is 14.7 Å². The van der Waals surface area contributed by atoms with Crippen molar-refractivity contribution in [1.29, 1.82) is 0 Å². The van der Waals surface area contributed by atoms with E-state index >= 15 is 0 Å². The smallest absolute Gasteiger partial charge is 0.305 e. The van der Waals surface area contributed by atoms with Crippen LogP contribution in [0.5, 0.6) is 0 Å². The highest BCUT2D eigenvalue weighted by molar-refractivity contribution is 7.98. The van der Waals surface area contributed by atoms with Gasteiger partial charge in [0, 0.05) is 29.3 Å². The Labute approximate surface area is 120 Å². The van der Waals surface area contributed by atoms with E-state index in [0.29, 0.717) is 12.2 Å². The second-order valence-corrected chi connectivity index (χ2v) is 6.39. The number of carbonyl (C=O) groups is 2. The van der Waals surface area contributed by atoms with Crippen LogP contribution in [0.15, 0.2) is 5.38 Å². The molecule has 1 heterocycles. The molecule has 1 rings (SSSR count). The van der Waals surface area contributed by atoms with Gasteiger partial charge in [0.15, 0.2) is 0 Å². The van der Waals surface area contributed by atoms with E-state index < -0.39 is 5.97 Å². The number of carboxylic acids is 1. The van der Waals surface area contributed by atoms with Crippen molar-refractivity contribution in [3.8, 4) is 0 Å². The SMILES string of the molecule is Cc1nc(CSCCC(=O)NC(C)CC(=O)O)cs1. The van der Waals surface area contributed by atoms with E-state index in [4.69, 9.17) is 5.11 Å². The summed E-state index contributed by atoms with van der Waals surface area (Å²) in [6.07, 6.45) is 0.356. The fourth-order valence-corrected chi connectivity index (χ4v) is 3.03. The third-order valence-electron chi connectivity index (χ3n) is 2.28. The van der Waals surface area contributed by atoms with Crippen molar-refractivity contribution in [3.63, 3.8) is 0 Å². The summed E-state index contributed by atoms with van der Waals surface area (Å²) in [6.45, 7) is 3.66. The second kappa shape index (κ2) is 8.16. The molecule has 0 saturated carbocycles. The minimum atomic E-state index is -0.902. The summed E-state index contributed by atoms with van der Waals surface area (Å²) in [5.41, 5.74) is 1.05. The fraction of sp³-hybridized carbons (Fsp3) is 0.583. The average Bonchev–Trinajstić information content (AvgIpc) is 2.69. The quantitative estimate of drug-likeness (QED) is 0.719. The van der Waals surface area contributed by atoms with Crippen LogP contribution < -0.4 is 5.32 Å². The number of aryl methyl sites for hydroxylation is 1. The molecule has 5 nitrogen and oxygen atoms in total. The summed E-state index contributed by atoms with van der Waals surface area (Å²) in [5, 5.41) is 14.3. The Morgan fingerprint density at radius 1 is 1.58 bits per heavy atom. The molecule has 0 fully saturated rings. The summed E-state index contributed by atoms with van der Waals surface area (Å²) in [5.74, 6) is 0.515. The van der Waals surface area contributed by atoms with Crippen LogP contribution in [0.4, 0.5) is 0 Å². The largest absolute Gasteiger partial charge is 0.481 e. The van der Waals surface area contributed by atoms with E-state index in [-0.39, 0.29) is 18.4 Å². The number of carbonyl (C=O) groups excluding carboxylic acids is 1. The summed E-state index contributed by atoms with van der Waals surface area (Å²) in [6, 6.07) is -0.323. The highest BCUT2D eigenvalue weighted by Crippen LogP contribution is 2.15. The van der Waals surface area contributed by atoms with Crippen molar-refractivity contribution in [2.75, 3.05) is 5.75 Å². The zero-order valence-electron chi connectivity index (χ0n) is 11.0. The third-order valence-corrected chi connectivity index (χ3v) is 4.09. The molecule has 0 aliphatic rings. The van der Waals surface area contributed by atoms with Gasteiger partial charge in [-0.2, -0.15) is 11.8 Å². The van der Waals surface area contributed by atoms with Gasteiger partial charge in [0.05, 0.1) is 17.1 Å². The molecule has 0 bridgehead atoms. The number of thiazole rings is 1. The van der Waals surface area contributed by atoms with Gasteiger partial charge in [-0.15, -0.1) is 11.3 Å². The van der Waals surface area contributed by atoms with Gasteiger partial charge < -0.3 is 10.4 Å². The first kappa shape index (κ1) is 16.0. The molecule has 7 heteroatoms. The number of hydrogen-bond donors (Lipinski definition) is 2. The minimum Gasteiger partial charge on any atom is -0.481 e. The number of carboxylic acid groups (broad SMARTS) is 1. The lowest BCUT2D eigenvalue weighted by molar-refractivity contribution is -0.137. The number of amides is 1. The van der Waals surface area contributed by atoms with Crippen molar-refractivity contribution in [3.05, 3.63) is 16.1 Å². The van der Waals surface area contributed by atoms with E-state index in [1.807, 2.05) is 12.3 Å². The molecule has 1 aromatic rings. The zero-order valence-corrected chi connectivity index (χ0v) is 12.6. The molecule has 0 aliphatic heterocycles. The molecule has 0 saturated heterocycles. The summed E-state index contributed by atoms with van der Waals surface area (Å²) in [7, 11) is 0. The maximum atomic E-state index is 11.5. The molecule has 1 aromatic heterocycles. The molecule has 1 atom stereocenters. The Hall–Kier alpha value is -1.08. The van der Waals surface area contributed by atoms with Gasteiger partial charge >= 0.3 is 5.97 Å². The fourth-order valence-electron chi connectivity index (χ4n) is 1.48. The van der Waals surface area contributed by atoms with Gasteiger partial charge in [0.25, 0.3) is 0 Å². The van der Waals surface area contributed by atoms with Crippen molar-refractivity contribution in [1.82, 2.24) is 10.3 Å². The maximum absolute atomic E-state index is 11.5. The molecule has 0 spiro atoms. The number of nitrogens with zero attached hydrogens (tertiary/aromatic N) is 1.